The van der Waals surface area contributed by atoms with Gasteiger partial charge in [-0.25, -0.2) is 0 Å². The third kappa shape index (κ3) is 4.98. The first-order chi connectivity index (χ1) is 14.0. The lowest BCUT2D eigenvalue weighted by Gasteiger charge is -2.34. The highest BCUT2D eigenvalue weighted by Crippen LogP contribution is 2.36. The van der Waals surface area contributed by atoms with Crippen LogP contribution in [0.2, 0.25) is 0 Å². The zero-order valence-electron chi connectivity index (χ0n) is 17.2. The number of likely N-dealkylation sites (tertiary alicyclic amines) is 1. The molecule has 7 nitrogen and oxygen atoms in total. The van der Waals surface area contributed by atoms with E-state index in [1.165, 1.54) is 5.56 Å². The largest absolute Gasteiger partial charge is 0.497 e. The number of hydrogen-bond acceptors (Lipinski definition) is 6. The predicted octanol–water partition coefficient (Wildman–Crippen LogP) is 3.39. The summed E-state index contributed by atoms with van der Waals surface area (Å²) in [6, 6.07) is 12.9. The van der Waals surface area contributed by atoms with E-state index in [0.29, 0.717) is 18.0 Å². The predicted molar refractivity (Wildman–Crippen MR) is 111 cm³/mol. The summed E-state index contributed by atoms with van der Waals surface area (Å²) in [5.74, 6) is 1.93. The Labute approximate surface area is 171 Å². The molecule has 0 aliphatic carbocycles. The fourth-order valence-corrected chi connectivity index (χ4v) is 3.97. The molecule has 2 aromatic carbocycles. The van der Waals surface area contributed by atoms with Crippen LogP contribution in [0.4, 0.5) is 0 Å². The highest BCUT2D eigenvalue weighted by molar-refractivity contribution is 5.44. The Balaban J connectivity index is 1.67. The third-order valence-corrected chi connectivity index (χ3v) is 5.65. The second-order valence-electron chi connectivity index (χ2n) is 7.26. The maximum Gasteiger partial charge on any atom is 0.232 e. The van der Waals surface area contributed by atoms with E-state index in [4.69, 9.17) is 14.2 Å². The van der Waals surface area contributed by atoms with Crippen LogP contribution in [0.1, 0.15) is 23.5 Å². The Hall–Kier alpha value is -2.80. The second-order valence-corrected chi connectivity index (χ2v) is 7.26. The maximum absolute atomic E-state index is 11.8. The first-order valence-corrected chi connectivity index (χ1v) is 9.76. The van der Waals surface area contributed by atoms with E-state index < -0.39 is 6.04 Å². The van der Waals surface area contributed by atoms with E-state index in [-0.39, 0.29) is 10.8 Å². The number of rotatable bonds is 8. The molecule has 1 aliphatic rings. The highest BCUT2D eigenvalue weighted by Gasteiger charge is 2.38. The van der Waals surface area contributed by atoms with Gasteiger partial charge in [0.25, 0.3) is 0 Å². The molecular formula is C22H28N2O5. The minimum atomic E-state index is -0.641. The van der Waals surface area contributed by atoms with Crippen molar-refractivity contribution in [2.24, 2.45) is 0 Å². The van der Waals surface area contributed by atoms with Gasteiger partial charge < -0.3 is 14.2 Å². The molecule has 2 aromatic rings. The molecule has 0 spiro atoms. The smallest absolute Gasteiger partial charge is 0.232 e. The van der Waals surface area contributed by atoms with Gasteiger partial charge in [0.15, 0.2) is 11.5 Å². The van der Waals surface area contributed by atoms with Crippen molar-refractivity contribution in [2.75, 3.05) is 41.0 Å². The van der Waals surface area contributed by atoms with Gasteiger partial charge >= 0.3 is 0 Å². The Morgan fingerprint density at radius 1 is 1.03 bits per heavy atom. The minimum absolute atomic E-state index is 0.137. The van der Waals surface area contributed by atoms with Crippen molar-refractivity contribution in [3.63, 3.8) is 0 Å². The van der Waals surface area contributed by atoms with E-state index >= 15 is 0 Å². The number of piperidine rings is 1. The fraction of sp³-hybridized carbons (Fsp3) is 0.455. The van der Waals surface area contributed by atoms with E-state index in [9.17, 15) is 10.1 Å². The molecule has 1 aliphatic heterocycles. The average molecular weight is 400 g/mol. The zero-order valence-corrected chi connectivity index (χ0v) is 17.2. The van der Waals surface area contributed by atoms with Crippen molar-refractivity contribution < 1.29 is 19.1 Å². The molecule has 2 atom stereocenters. The molecule has 0 bridgehead atoms. The molecule has 0 saturated carbocycles. The molecule has 1 saturated heterocycles. The van der Waals surface area contributed by atoms with Crippen LogP contribution in [0.5, 0.6) is 17.2 Å². The topological polar surface area (TPSA) is 74.1 Å². The molecule has 156 valence electrons. The summed E-state index contributed by atoms with van der Waals surface area (Å²) in [5, 5.41) is 11.8. The van der Waals surface area contributed by atoms with Crippen molar-refractivity contribution in [3.05, 3.63) is 63.7 Å². The van der Waals surface area contributed by atoms with Crippen molar-refractivity contribution in [2.45, 2.75) is 24.8 Å². The Morgan fingerprint density at radius 3 is 2.38 bits per heavy atom. The Morgan fingerprint density at radius 2 is 1.76 bits per heavy atom. The highest BCUT2D eigenvalue weighted by atomic mass is 16.6. The lowest BCUT2D eigenvalue weighted by Crippen LogP contribution is -2.47. The van der Waals surface area contributed by atoms with Crippen LogP contribution in [-0.2, 0) is 6.42 Å². The summed E-state index contributed by atoms with van der Waals surface area (Å²) in [4.78, 5) is 13.9. The van der Waals surface area contributed by atoms with Crippen LogP contribution < -0.4 is 14.2 Å². The SMILES string of the molecule is COc1ccc(CCN2CCC(c3ccc(OC)c(OC)c3)C([N+](=O)[O-])C2)cc1. The zero-order chi connectivity index (χ0) is 20.8. The van der Waals surface area contributed by atoms with Crippen molar-refractivity contribution in [1.82, 2.24) is 4.90 Å². The summed E-state index contributed by atoms with van der Waals surface area (Å²) in [6.45, 7) is 2.08. The summed E-state index contributed by atoms with van der Waals surface area (Å²) >= 11 is 0. The van der Waals surface area contributed by atoms with Crippen molar-refractivity contribution in [3.8, 4) is 17.2 Å². The van der Waals surface area contributed by atoms with Gasteiger partial charge in [0, 0.05) is 11.5 Å². The average Bonchev–Trinajstić information content (AvgIpc) is 2.77. The summed E-state index contributed by atoms with van der Waals surface area (Å²) in [7, 11) is 4.81. The van der Waals surface area contributed by atoms with Crippen LogP contribution in [0.15, 0.2) is 42.5 Å². The Bertz CT molecular complexity index is 824. The number of benzene rings is 2. The third-order valence-electron chi connectivity index (χ3n) is 5.65. The monoisotopic (exact) mass is 400 g/mol. The molecule has 0 radical (unpaired) electrons. The molecule has 1 heterocycles. The minimum Gasteiger partial charge on any atom is -0.497 e. The Kier molecular flexibility index (Phi) is 6.93. The standard InChI is InChI=1S/C22H28N2O5/c1-27-18-7-4-16(5-8-18)10-12-23-13-11-19(20(15-23)24(25)26)17-6-9-21(28-2)22(14-17)29-3/h4-9,14,19-20H,10-13,15H2,1-3H3. The number of nitro groups is 1. The van der Waals surface area contributed by atoms with Gasteiger partial charge in [0.1, 0.15) is 5.75 Å². The van der Waals surface area contributed by atoms with Gasteiger partial charge in [-0.3, -0.25) is 15.0 Å². The number of nitrogens with zero attached hydrogens (tertiary/aromatic N) is 2. The van der Waals surface area contributed by atoms with Gasteiger partial charge in [-0.1, -0.05) is 18.2 Å². The van der Waals surface area contributed by atoms with Crippen LogP contribution in [0.25, 0.3) is 0 Å². The van der Waals surface area contributed by atoms with Gasteiger partial charge in [-0.05, 0) is 54.8 Å². The van der Waals surface area contributed by atoms with Gasteiger partial charge in [0.05, 0.1) is 33.8 Å². The molecule has 0 amide bonds. The van der Waals surface area contributed by atoms with E-state index in [1.807, 2.05) is 42.5 Å². The summed E-state index contributed by atoms with van der Waals surface area (Å²) in [6.07, 6.45) is 1.60. The van der Waals surface area contributed by atoms with Gasteiger partial charge in [-0.2, -0.15) is 0 Å². The van der Waals surface area contributed by atoms with Crippen LogP contribution in [0.3, 0.4) is 0 Å². The number of hydrogen-bond donors (Lipinski definition) is 0. The molecule has 2 unspecified atom stereocenters. The molecule has 1 fully saturated rings. The van der Waals surface area contributed by atoms with Crippen LogP contribution >= 0.6 is 0 Å². The lowest BCUT2D eigenvalue weighted by atomic mass is 9.85. The summed E-state index contributed by atoms with van der Waals surface area (Å²) < 4.78 is 15.8. The molecule has 3 rings (SSSR count). The molecule has 0 N–H and O–H groups in total. The fourth-order valence-electron chi connectivity index (χ4n) is 3.97. The molecule has 29 heavy (non-hydrogen) atoms. The van der Waals surface area contributed by atoms with Crippen LogP contribution in [0, 0.1) is 10.1 Å². The van der Waals surface area contributed by atoms with E-state index in [2.05, 4.69) is 4.90 Å². The molecule has 7 heteroatoms. The van der Waals surface area contributed by atoms with E-state index in [0.717, 1.165) is 37.2 Å². The lowest BCUT2D eigenvalue weighted by molar-refractivity contribution is -0.530. The molecular weight excluding hydrogens is 372 g/mol. The first kappa shape index (κ1) is 20.9. The molecule has 0 aromatic heterocycles. The first-order valence-electron chi connectivity index (χ1n) is 9.76. The van der Waals surface area contributed by atoms with Gasteiger partial charge in [-0.15, -0.1) is 0 Å². The van der Waals surface area contributed by atoms with Crippen molar-refractivity contribution in [1.29, 1.82) is 0 Å². The number of ether oxygens (including phenoxy) is 3. The van der Waals surface area contributed by atoms with E-state index in [1.54, 1.807) is 21.3 Å². The normalized spacial score (nSPS) is 19.6. The van der Waals surface area contributed by atoms with Gasteiger partial charge in [0.2, 0.25) is 6.04 Å². The quantitative estimate of drug-likeness (QED) is 0.500. The summed E-state index contributed by atoms with van der Waals surface area (Å²) in [5.41, 5.74) is 2.13. The van der Waals surface area contributed by atoms with Crippen molar-refractivity contribution >= 4 is 0 Å². The maximum atomic E-state index is 11.8. The van der Waals surface area contributed by atoms with Crippen LogP contribution in [-0.4, -0.2) is 56.8 Å². The second kappa shape index (κ2) is 9.60. The number of methoxy groups -OCH3 is 3.